The number of nitrogens with zero attached hydrogens (tertiary/aromatic N) is 2. The second-order valence-electron chi connectivity index (χ2n) is 9.16. The van der Waals surface area contributed by atoms with Gasteiger partial charge in [-0.25, -0.2) is 4.79 Å². The van der Waals surface area contributed by atoms with Gasteiger partial charge in [0.05, 0.1) is 13.2 Å². The normalized spacial score (nSPS) is 18.0. The maximum Gasteiger partial charge on any atom is 0.413 e. The van der Waals surface area contributed by atoms with Crippen molar-refractivity contribution in [2.45, 2.75) is 103 Å². The van der Waals surface area contributed by atoms with Crippen molar-refractivity contribution in [3.05, 3.63) is 35.4 Å². The largest absolute Gasteiger partial charge is 0.494 e. The fourth-order valence-electron chi connectivity index (χ4n) is 4.66. The topological polar surface area (TPSA) is 71.9 Å². The van der Waals surface area contributed by atoms with Crippen molar-refractivity contribution in [3.63, 3.8) is 0 Å². The molecule has 0 amide bonds. The predicted molar refractivity (Wildman–Crippen MR) is 129 cm³/mol. The smallest absolute Gasteiger partial charge is 0.413 e. The van der Waals surface area contributed by atoms with Crippen LogP contribution in [0.3, 0.4) is 0 Å². The molecule has 0 radical (unpaired) electrons. The molecular weight excluding hydrogens is 400 g/mol. The van der Waals surface area contributed by atoms with E-state index >= 15 is 0 Å². The summed E-state index contributed by atoms with van der Waals surface area (Å²) in [4.78, 5) is 13.6. The Balaban J connectivity index is 1.49. The average molecular weight is 443 g/mol. The molecule has 1 aliphatic rings. The van der Waals surface area contributed by atoms with E-state index in [9.17, 15) is 4.79 Å². The Morgan fingerprint density at radius 2 is 1.59 bits per heavy atom. The van der Waals surface area contributed by atoms with Crippen LogP contribution >= 0.6 is 0 Å². The van der Waals surface area contributed by atoms with E-state index in [4.69, 9.17) is 15.0 Å². The third-order valence-corrected chi connectivity index (χ3v) is 6.63. The molecule has 178 valence electrons. The van der Waals surface area contributed by atoms with Crippen molar-refractivity contribution in [3.8, 4) is 5.75 Å². The lowest BCUT2D eigenvalue weighted by Crippen LogP contribution is -2.13. The summed E-state index contributed by atoms with van der Waals surface area (Å²) < 4.78 is 10.8. The van der Waals surface area contributed by atoms with E-state index in [1.165, 1.54) is 56.9 Å². The third kappa shape index (κ3) is 10.9. The molecule has 5 heteroatoms. The number of carbonyl (C=O) groups is 1. The summed E-state index contributed by atoms with van der Waals surface area (Å²) in [6.45, 7) is 3.43. The van der Waals surface area contributed by atoms with E-state index in [0.29, 0.717) is 6.61 Å². The molecule has 0 aliphatic heterocycles. The van der Waals surface area contributed by atoms with Crippen LogP contribution in [0.1, 0.15) is 108 Å². The third-order valence-electron chi connectivity index (χ3n) is 6.63. The number of ether oxygens (including phenoxy) is 2. The molecule has 0 unspecified atom stereocenters. The number of hydrogen-bond acceptors (Lipinski definition) is 3. The van der Waals surface area contributed by atoms with Gasteiger partial charge in [-0.3, -0.25) is 0 Å². The van der Waals surface area contributed by atoms with E-state index in [1.54, 1.807) is 0 Å². The van der Waals surface area contributed by atoms with Gasteiger partial charge in [0.2, 0.25) is 0 Å². The van der Waals surface area contributed by atoms with E-state index in [1.807, 2.05) is 0 Å². The van der Waals surface area contributed by atoms with Gasteiger partial charge in [-0.15, -0.1) is 0 Å². The maximum atomic E-state index is 11.0. The molecule has 1 saturated carbocycles. The second kappa shape index (κ2) is 16.5. The molecule has 32 heavy (non-hydrogen) atoms. The molecule has 0 bridgehead atoms. The summed E-state index contributed by atoms with van der Waals surface area (Å²) in [6.07, 6.45) is 18.2. The van der Waals surface area contributed by atoms with Crippen LogP contribution in [0.5, 0.6) is 5.75 Å². The minimum atomic E-state index is -0.595. The van der Waals surface area contributed by atoms with E-state index in [2.05, 4.69) is 36.0 Å². The fraction of sp³-hybridized carbons (Fsp3) is 0.704. The summed E-state index contributed by atoms with van der Waals surface area (Å²) >= 11 is 0. The van der Waals surface area contributed by atoms with Crippen LogP contribution in [0.4, 0.5) is 0 Å². The van der Waals surface area contributed by atoms with Gasteiger partial charge in [-0.2, -0.15) is 4.79 Å². The second-order valence-corrected chi connectivity index (χ2v) is 9.16. The number of hydrogen-bond donors (Lipinski definition) is 0. The Morgan fingerprint density at radius 1 is 0.938 bits per heavy atom. The molecule has 0 aromatic heterocycles. The lowest BCUT2D eigenvalue weighted by Gasteiger charge is -2.29. The molecule has 1 aromatic carbocycles. The highest BCUT2D eigenvalue weighted by Crippen LogP contribution is 2.38. The van der Waals surface area contributed by atoms with Gasteiger partial charge in [0.15, 0.2) is 0 Å². The lowest BCUT2D eigenvalue weighted by molar-refractivity contribution is -0.139. The van der Waals surface area contributed by atoms with Gasteiger partial charge in [0.25, 0.3) is 0 Å². The zero-order chi connectivity index (χ0) is 22.9. The lowest BCUT2D eigenvalue weighted by atomic mass is 9.77. The minimum Gasteiger partial charge on any atom is -0.494 e. The quantitative estimate of drug-likeness (QED) is 0.0900. The van der Waals surface area contributed by atoms with Crippen molar-refractivity contribution in [2.24, 2.45) is 5.92 Å². The molecule has 1 aliphatic carbocycles. The van der Waals surface area contributed by atoms with Gasteiger partial charge < -0.3 is 15.0 Å². The molecule has 5 nitrogen and oxygen atoms in total. The summed E-state index contributed by atoms with van der Waals surface area (Å²) in [5, 5.41) is 0. The molecule has 1 aromatic rings. The first kappa shape index (κ1) is 26.1. The Bertz CT molecular complexity index is 675. The van der Waals surface area contributed by atoms with Crippen LogP contribution < -0.4 is 4.74 Å². The van der Waals surface area contributed by atoms with Crippen LogP contribution in [-0.2, 0) is 9.53 Å². The zero-order valence-electron chi connectivity index (χ0n) is 20.0. The van der Waals surface area contributed by atoms with Gasteiger partial charge in [0, 0.05) is 0 Å². The summed E-state index contributed by atoms with van der Waals surface area (Å²) in [5.41, 5.74) is 9.70. The minimum absolute atomic E-state index is 0.379. The number of rotatable bonds is 16. The van der Waals surface area contributed by atoms with E-state index < -0.39 is 5.97 Å². The van der Waals surface area contributed by atoms with Crippen molar-refractivity contribution in [1.82, 2.24) is 0 Å². The van der Waals surface area contributed by atoms with Crippen LogP contribution in [0, 0.1) is 5.92 Å². The first-order valence-electron chi connectivity index (χ1n) is 12.8. The molecule has 2 rings (SSSR count). The fourth-order valence-corrected chi connectivity index (χ4v) is 4.66. The number of esters is 1. The zero-order valence-corrected chi connectivity index (χ0v) is 20.0. The van der Waals surface area contributed by atoms with Crippen molar-refractivity contribution < 1.29 is 19.1 Å². The SMILES string of the molecule is CCCCCC1CCC(c2ccc(OCCCCCCCCOC(=O)C=[N+]=[N-])cc2)CC1. The standard InChI is InChI=1S/C27H42N2O3/c1-2-3-8-11-23-12-14-24(15-13-23)25-16-18-26(19-17-25)31-20-9-6-4-5-7-10-21-32-27(30)22-29-28/h16-19,22-24H,2-15,20-21H2,1H3. The van der Waals surface area contributed by atoms with E-state index in [0.717, 1.165) is 68.9 Å². The van der Waals surface area contributed by atoms with Crippen molar-refractivity contribution in [2.75, 3.05) is 13.2 Å². The Kier molecular flexibility index (Phi) is 13.5. The highest BCUT2D eigenvalue weighted by molar-refractivity contribution is 6.20. The highest BCUT2D eigenvalue weighted by atomic mass is 16.5. The predicted octanol–water partition coefficient (Wildman–Crippen LogP) is 7.10. The highest BCUT2D eigenvalue weighted by Gasteiger charge is 2.22. The van der Waals surface area contributed by atoms with Gasteiger partial charge in [0.1, 0.15) is 5.75 Å². The Morgan fingerprint density at radius 3 is 2.25 bits per heavy atom. The van der Waals surface area contributed by atoms with Gasteiger partial charge in [-0.1, -0.05) is 70.4 Å². The van der Waals surface area contributed by atoms with Crippen molar-refractivity contribution in [1.29, 1.82) is 0 Å². The van der Waals surface area contributed by atoms with Gasteiger partial charge in [-0.05, 0) is 68.1 Å². The summed E-state index contributed by atoms with van der Waals surface area (Å²) in [6, 6.07) is 8.84. The van der Waals surface area contributed by atoms with E-state index in [-0.39, 0.29) is 0 Å². The molecule has 0 heterocycles. The summed E-state index contributed by atoms with van der Waals surface area (Å²) in [7, 11) is 0. The molecule has 1 fully saturated rings. The molecule has 0 atom stereocenters. The van der Waals surface area contributed by atoms with Crippen LogP contribution in [0.2, 0.25) is 0 Å². The molecule has 0 saturated heterocycles. The molecule has 0 spiro atoms. The first-order valence-corrected chi connectivity index (χ1v) is 12.8. The number of unbranched alkanes of at least 4 members (excludes halogenated alkanes) is 7. The van der Waals surface area contributed by atoms with Crippen LogP contribution in [-0.4, -0.2) is 30.2 Å². The monoisotopic (exact) mass is 442 g/mol. The van der Waals surface area contributed by atoms with Crippen LogP contribution in [0.15, 0.2) is 24.3 Å². The number of benzene rings is 1. The number of carbonyl (C=O) groups excluding carboxylic acids is 1. The molecule has 0 N–H and O–H groups in total. The summed E-state index contributed by atoms with van der Waals surface area (Å²) in [5.74, 6) is 2.08. The van der Waals surface area contributed by atoms with Crippen molar-refractivity contribution >= 4 is 12.2 Å². The first-order chi connectivity index (χ1) is 15.7. The molecular formula is C27H42N2O3. The Labute approximate surface area is 194 Å². The Hall–Kier alpha value is -2.13. The average Bonchev–Trinajstić information content (AvgIpc) is 2.81. The van der Waals surface area contributed by atoms with Gasteiger partial charge >= 0.3 is 12.2 Å². The maximum absolute atomic E-state index is 11.0. The van der Waals surface area contributed by atoms with Crippen LogP contribution in [0.25, 0.3) is 5.53 Å².